The normalized spacial score (nSPS) is 11.7. The van der Waals surface area contributed by atoms with Crippen LogP contribution in [-0.4, -0.2) is 22.1 Å². The number of hydrogen-bond acceptors (Lipinski definition) is 3. The van der Waals surface area contributed by atoms with E-state index in [1.165, 1.54) is 0 Å². The summed E-state index contributed by atoms with van der Waals surface area (Å²) < 4.78 is 0. The summed E-state index contributed by atoms with van der Waals surface area (Å²) >= 11 is 0. The molecule has 134 valence electrons. The summed E-state index contributed by atoms with van der Waals surface area (Å²) in [6.45, 7) is 4.16. The van der Waals surface area contributed by atoms with Crippen molar-refractivity contribution in [2.24, 2.45) is 5.10 Å². The number of pyridine rings is 1. The molecule has 4 rings (SSSR count). The highest BCUT2D eigenvalue weighted by atomic mass is 16.2. The molecule has 0 aliphatic rings. The Morgan fingerprint density at radius 3 is 2.63 bits per heavy atom. The Kier molecular flexibility index (Phi) is 4.42. The minimum atomic E-state index is -0.251. The first-order valence-corrected chi connectivity index (χ1v) is 8.92. The van der Waals surface area contributed by atoms with Crippen LogP contribution in [0.15, 0.2) is 66.0 Å². The Bertz CT molecular complexity index is 1150. The molecular formula is C22H20N4O. The van der Waals surface area contributed by atoms with Gasteiger partial charge in [-0.25, -0.2) is 5.43 Å². The van der Waals surface area contributed by atoms with Crippen molar-refractivity contribution in [3.63, 3.8) is 0 Å². The van der Waals surface area contributed by atoms with Crippen LogP contribution in [0.25, 0.3) is 21.7 Å². The van der Waals surface area contributed by atoms with E-state index in [0.717, 1.165) is 32.8 Å². The van der Waals surface area contributed by atoms with Crippen LogP contribution < -0.4 is 5.43 Å². The van der Waals surface area contributed by atoms with Crippen molar-refractivity contribution in [2.45, 2.75) is 19.8 Å². The van der Waals surface area contributed by atoms with Crippen LogP contribution in [0.5, 0.6) is 0 Å². The standard InChI is InChI=1S/C22H20N4O/c1-14(2)20-18-9-5-6-10-19(18)25-21(20)22(27)26-24-13-16-12-23-11-15-7-3-4-8-17(15)16/h3-14,25H,1-2H3,(H,26,27)/b24-13+. The lowest BCUT2D eigenvalue weighted by atomic mass is 9.99. The molecule has 0 radical (unpaired) electrons. The molecule has 27 heavy (non-hydrogen) atoms. The van der Waals surface area contributed by atoms with Gasteiger partial charge >= 0.3 is 0 Å². The quantitative estimate of drug-likeness (QED) is 0.414. The monoisotopic (exact) mass is 356 g/mol. The fourth-order valence-corrected chi connectivity index (χ4v) is 3.40. The average molecular weight is 356 g/mol. The number of carbonyl (C=O) groups excluding carboxylic acids is 1. The lowest BCUT2D eigenvalue weighted by molar-refractivity contribution is 0.0949. The molecule has 0 aliphatic carbocycles. The van der Waals surface area contributed by atoms with Crippen molar-refractivity contribution in [3.05, 3.63) is 77.7 Å². The SMILES string of the molecule is CC(C)c1c(C(=O)N/N=C/c2cncc3ccccc23)[nH]c2ccccc12. The second-order valence-corrected chi connectivity index (χ2v) is 6.76. The van der Waals surface area contributed by atoms with Crippen molar-refractivity contribution in [3.8, 4) is 0 Å². The predicted molar refractivity (Wildman–Crippen MR) is 109 cm³/mol. The third kappa shape index (κ3) is 3.19. The van der Waals surface area contributed by atoms with Gasteiger partial charge < -0.3 is 4.98 Å². The van der Waals surface area contributed by atoms with Gasteiger partial charge in [0.2, 0.25) is 0 Å². The summed E-state index contributed by atoms with van der Waals surface area (Å²) in [5.41, 5.74) is 6.01. The van der Waals surface area contributed by atoms with Crippen LogP contribution in [0.1, 0.15) is 41.4 Å². The third-order valence-corrected chi connectivity index (χ3v) is 4.62. The van der Waals surface area contributed by atoms with E-state index < -0.39 is 0 Å². The minimum absolute atomic E-state index is 0.216. The molecule has 0 saturated carbocycles. The molecule has 0 fully saturated rings. The molecule has 5 heteroatoms. The van der Waals surface area contributed by atoms with Gasteiger partial charge in [0.15, 0.2) is 0 Å². The van der Waals surface area contributed by atoms with Gasteiger partial charge in [0.1, 0.15) is 5.69 Å². The molecule has 5 nitrogen and oxygen atoms in total. The fourth-order valence-electron chi connectivity index (χ4n) is 3.40. The van der Waals surface area contributed by atoms with E-state index in [1.807, 2.05) is 54.7 Å². The van der Waals surface area contributed by atoms with Gasteiger partial charge in [-0.05, 0) is 22.9 Å². The second kappa shape index (κ2) is 7.03. The first kappa shape index (κ1) is 17.0. The fraction of sp³-hybridized carbons (Fsp3) is 0.136. The number of aromatic nitrogens is 2. The molecule has 4 aromatic rings. The van der Waals surface area contributed by atoms with Crippen molar-refractivity contribution >= 4 is 33.8 Å². The zero-order valence-corrected chi connectivity index (χ0v) is 15.2. The highest BCUT2D eigenvalue weighted by Crippen LogP contribution is 2.29. The molecule has 0 saturated heterocycles. The molecule has 2 aromatic carbocycles. The van der Waals surface area contributed by atoms with Crippen LogP contribution in [-0.2, 0) is 0 Å². The second-order valence-electron chi connectivity index (χ2n) is 6.76. The lowest BCUT2D eigenvalue weighted by Gasteiger charge is -2.07. The summed E-state index contributed by atoms with van der Waals surface area (Å²) in [7, 11) is 0. The highest BCUT2D eigenvalue weighted by Gasteiger charge is 2.19. The summed E-state index contributed by atoms with van der Waals surface area (Å²) in [6.07, 6.45) is 5.18. The number of nitrogens with one attached hydrogen (secondary N) is 2. The van der Waals surface area contributed by atoms with Gasteiger partial charge in [0.25, 0.3) is 5.91 Å². The van der Waals surface area contributed by atoms with Crippen molar-refractivity contribution < 1.29 is 4.79 Å². The maximum atomic E-state index is 12.7. The molecule has 2 N–H and O–H groups in total. The van der Waals surface area contributed by atoms with E-state index in [9.17, 15) is 4.79 Å². The van der Waals surface area contributed by atoms with Crippen LogP contribution in [0.4, 0.5) is 0 Å². The van der Waals surface area contributed by atoms with Gasteiger partial charge in [-0.2, -0.15) is 5.10 Å². The Hall–Kier alpha value is -3.47. The number of hydrogen-bond donors (Lipinski definition) is 2. The molecular weight excluding hydrogens is 336 g/mol. The molecule has 2 aromatic heterocycles. The van der Waals surface area contributed by atoms with Gasteiger partial charge in [-0.1, -0.05) is 56.3 Å². The van der Waals surface area contributed by atoms with Crippen LogP contribution in [0, 0.1) is 0 Å². The Morgan fingerprint density at radius 1 is 1.07 bits per heavy atom. The zero-order chi connectivity index (χ0) is 18.8. The maximum Gasteiger partial charge on any atom is 0.288 e. The first-order chi connectivity index (χ1) is 13.1. The largest absolute Gasteiger partial charge is 0.350 e. The van der Waals surface area contributed by atoms with Crippen molar-refractivity contribution in [1.82, 2.24) is 15.4 Å². The van der Waals surface area contributed by atoms with Crippen LogP contribution in [0.2, 0.25) is 0 Å². The number of aromatic amines is 1. The van der Waals surface area contributed by atoms with Crippen LogP contribution >= 0.6 is 0 Å². The number of benzene rings is 2. The molecule has 0 unspecified atom stereocenters. The first-order valence-electron chi connectivity index (χ1n) is 8.92. The number of carbonyl (C=O) groups is 1. The molecule has 0 aliphatic heterocycles. The summed E-state index contributed by atoms with van der Waals surface area (Å²) in [4.78, 5) is 20.2. The van der Waals surface area contributed by atoms with Gasteiger partial charge in [0.05, 0.1) is 6.21 Å². The zero-order valence-electron chi connectivity index (χ0n) is 15.2. The summed E-state index contributed by atoms with van der Waals surface area (Å²) in [6, 6.07) is 15.9. The summed E-state index contributed by atoms with van der Waals surface area (Å²) in [5, 5.41) is 7.30. The molecule has 1 amide bonds. The molecule has 2 heterocycles. The van der Waals surface area contributed by atoms with E-state index >= 15 is 0 Å². The number of para-hydroxylation sites is 1. The van der Waals surface area contributed by atoms with Crippen LogP contribution in [0.3, 0.4) is 0 Å². The highest BCUT2D eigenvalue weighted by molar-refractivity contribution is 6.03. The number of amides is 1. The predicted octanol–water partition coefficient (Wildman–Crippen LogP) is 4.60. The third-order valence-electron chi connectivity index (χ3n) is 4.62. The number of nitrogens with zero attached hydrogens (tertiary/aromatic N) is 2. The van der Waals surface area contributed by atoms with Crippen molar-refractivity contribution in [2.75, 3.05) is 0 Å². The average Bonchev–Trinajstić information content (AvgIpc) is 3.08. The van der Waals surface area contributed by atoms with E-state index in [-0.39, 0.29) is 11.8 Å². The van der Waals surface area contributed by atoms with Gasteiger partial charge in [-0.15, -0.1) is 0 Å². The maximum absolute atomic E-state index is 12.7. The Morgan fingerprint density at radius 2 is 1.81 bits per heavy atom. The Labute approximate surface area is 157 Å². The Balaban J connectivity index is 1.62. The number of fused-ring (bicyclic) bond motifs is 2. The lowest BCUT2D eigenvalue weighted by Crippen LogP contribution is -2.20. The topological polar surface area (TPSA) is 70.1 Å². The molecule has 0 bridgehead atoms. The van der Waals surface area contributed by atoms with Gasteiger partial charge in [0, 0.05) is 34.2 Å². The van der Waals surface area contributed by atoms with Crippen molar-refractivity contribution in [1.29, 1.82) is 0 Å². The van der Waals surface area contributed by atoms with E-state index in [1.54, 1.807) is 12.4 Å². The minimum Gasteiger partial charge on any atom is -0.350 e. The summed E-state index contributed by atoms with van der Waals surface area (Å²) in [5.74, 6) is -0.0347. The van der Waals surface area contributed by atoms with E-state index in [0.29, 0.717) is 5.69 Å². The number of H-pyrrole nitrogens is 1. The number of hydrazone groups is 1. The number of rotatable bonds is 4. The molecule has 0 atom stereocenters. The van der Waals surface area contributed by atoms with E-state index in [4.69, 9.17) is 0 Å². The van der Waals surface area contributed by atoms with E-state index in [2.05, 4.69) is 34.3 Å². The molecule has 0 spiro atoms. The smallest absolute Gasteiger partial charge is 0.288 e. The van der Waals surface area contributed by atoms with Gasteiger partial charge in [-0.3, -0.25) is 9.78 Å².